The van der Waals surface area contributed by atoms with Gasteiger partial charge in [0.2, 0.25) is 11.9 Å². The molecule has 31 heavy (non-hydrogen) atoms. The molecule has 160 valence electrons. The first-order valence-electron chi connectivity index (χ1n) is 8.71. The number of imide groups is 1. The van der Waals surface area contributed by atoms with Gasteiger partial charge in [-0.15, -0.1) is 0 Å². The van der Waals surface area contributed by atoms with Crippen LogP contribution in [0.15, 0.2) is 36.2 Å². The summed E-state index contributed by atoms with van der Waals surface area (Å²) in [5.41, 5.74) is 7.00. The third kappa shape index (κ3) is 4.47. The quantitative estimate of drug-likeness (QED) is 0.231. The molecule has 2 aromatic heterocycles. The molecule has 0 bridgehead atoms. The van der Waals surface area contributed by atoms with Crippen LogP contribution in [0.5, 0.6) is 0 Å². The summed E-state index contributed by atoms with van der Waals surface area (Å²) in [6.45, 7) is -1.36. The Kier molecular flexibility index (Phi) is 4.81. The van der Waals surface area contributed by atoms with Gasteiger partial charge in [-0.2, -0.15) is 32.8 Å². The van der Waals surface area contributed by atoms with E-state index in [0.29, 0.717) is 11.4 Å². The maximum Gasteiger partial charge on any atom is 0.405 e. The first-order chi connectivity index (χ1) is 14.7. The van der Waals surface area contributed by atoms with E-state index in [2.05, 4.69) is 31.0 Å². The summed E-state index contributed by atoms with van der Waals surface area (Å²) < 4.78 is 39.2. The summed E-state index contributed by atoms with van der Waals surface area (Å²) >= 11 is 0. The van der Waals surface area contributed by atoms with Crippen molar-refractivity contribution in [1.29, 1.82) is 0 Å². The van der Waals surface area contributed by atoms with Gasteiger partial charge in [0.05, 0.1) is 6.20 Å². The molecule has 11 nitrogen and oxygen atoms in total. The molecule has 1 saturated heterocycles. The van der Waals surface area contributed by atoms with E-state index in [1.54, 1.807) is 24.3 Å². The number of hydrogen-bond acceptors (Lipinski definition) is 8. The molecular formula is C17H14F3N9O2. The topological polar surface area (TPSA) is 151 Å². The van der Waals surface area contributed by atoms with Crippen molar-refractivity contribution in [2.45, 2.75) is 6.18 Å². The number of anilines is 4. The fourth-order valence-electron chi connectivity index (χ4n) is 2.73. The van der Waals surface area contributed by atoms with Crippen LogP contribution in [0.4, 0.5) is 41.2 Å². The lowest BCUT2D eigenvalue weighted by molar-refractivity contribution is -0.116. The Morgan fingerprint density at radius 1 is 1.19 bits per heavy atom. The van der Waals surface area contributed by atoms with Crippen molar-refractivity contribution in [3.8, 4) is 0 Å². The zero-order valence-electron chi connectivity index (χ0n) is 15.5. The molecule has 3 heterocycles. The highest BCUT2D eigenvalue weighted by molar-refractivity contribution is 6.14. The monoisotopic (exact) mass is 433 g/mol. The Labute approximate surface area is 171 Å². The molecule has 3 amide bonds. The van der Waals surface area contributed by atoms with Crippen LogP contribution in [0.2, 0.25) is 0 Å². The number of aromatic nitrogens is 4. The maximum atomic E-state index is 12.7. The molecule has 0 atom stereocenters. The average molecular weight is 433 g/mol. The highest BCUT2D eigenvalue weighted by atomic mass is 19.4. The number of nitrogens with one attached hydrogen (secondary N) is 4. The fourth-order valence-corrected chi connectivity index (χ4v) is 2.73. The van der Waals surface area contributed by atoms with Crippen molar-refractivity contribution in [1.82, 2.24) is 30.2 Å². The van der Waals surface area contributed by atoms with Crippen LogP contribution in [0.3, 0.4) is 0 Å². The number of fused-ring (bicyclic) bond motifs is 1. The number of alkyl halides is 3. The SMILES string of the molecule is Nc1cccc(Nc2nc(NCC(F)(F)F)n3ncc(/C=C4\NC(=O)NC4=O)c3n2)c1. The zero-order valence-corrected chi connectivity index (χ0v) is 15.5. The lowest BCUT2D eigenvalue weighted by Crippen LogP contribution is -2.23. The first-order valence-corrected chi connectivity index (χ1v) is 8.71. The molecule has 1 aromatic carbocycles. The predicted octanol–water partition coefficient (Wildman–Crippen LogP) is 1.60. The molecule has 0 unspecified atom stereocenters. The minimum absolute atomic E-state index is 0.0390. The van der Waals surface area contributed by atoms with Gasteiger partial charge in [-0.05, 0) is 24.3 Å². The second-order valence-corrected chi connectivity index (χ2v) is 6.39. The Hall–Kier alpha value is -4.36. The Balaban J connectivity index is 1.77. The van der Waals surface area contributed by atoms with Gasteiger partial charge >= 0.3 is 12.2 Å². The minimum Gasteiger partial charge on any atom is -0.399 e. The van der Waals surface area contributed by atoms with Crippen LogP contribution in [-0.2, 0) is 4.79 Å². The number of nitrogens with two attached hydrogens (primary N) is 1. The largest absolute Gasteiger partial charge is 0.405 e. The zero-order chi connectivity index (χ0) is 22.2. The van der Waals surface area contributed by atoms with Gasteiger partial charge in [0.15, 0.2) is 5.65 Å². The average Bonchev–Trinajstić information content (AvgIpc) is 3.22. The van der Waals surface area contributed by atoms with Crippen molar-refractivity contribution in [2.75, 3.05) is 22.9 Å². The third-order valence-corrected chi connectivity index (χ3v) is 4.00. The van der Waals surface area contributed by atoms with Crippen LogP contribution in [0.1, 0.15) is 5.56 Å². The molecule has 1 aliphatic heterocycles. The summed E-state index contributed by atoms with van der Waals surface area (Å²) in [4.78, 5) is 31.4. The molecule has 0 saturated carbocycles. The van der Waals surface area contributed by atoms with Crippen LogP contribution < -0.4 is 27.0 Å². The van der Waals surface area contributed by atoms with Crippen LogP contribution in [0, 0.1) is 0 Å². The molecule has 14 heteroatoms. The van der Waals surface area contributed by atoms with Crippen LogP contribution >= 0.6 is 0 Å². The standard InChI is InChI=1S/C17H14F3N9O2/c18-17(19,20)7-22-15-28-14(24-10-3-1-2-9(21)5-10)26-12-8(6-23-29(12)15)4-11-13(30)27-16(31)25-11/h1-6H,7,21H2,(H2,22,24,26,28)(H2,25,27,30,31)/b11-4-. The molecule has 4 rings (SSSR count). The number of hydrogen-bond donors (Lipinski definition) is 5. The molecule has 6 N–H and O–H groups in total. The predicted molar refractivity (Wildman–Crippen MR) is 104 cm³/mol. The van der Waals surface area contributed by atoms with E-state index in [9.17, 15) is 22.8 Å². The van der Waals surface area contributed by atoms with Gasteiger partial charge in [0.25, 0.3) is 5.91 Å². The van der Waals surface area contributed by atoms with Gasteiger partial charge in [0, 0.05) is 16.9 Å². The highest BCUT2D eigenvalue weighted by Gasteiger charge is 2.28. The van der Waals surface area contributed by atoms with Crippen LogP contribution in [0.25, 0.3) is 11.7 Å². The summed E-state index contributed by atoms with van der Waals surface area (Å²) in [7, 11) is 0. The second kappa shape index (κ2) is 7.47. The van der Waals surface area contributed by atoms with Gasteiger partial charge in [0.1, 0.15) is 12.2 Å². The van der Waals surface area contributed by atoms with E-state index in [0.717, 1.165) is 4.52 Å². The molecule has 1 aliphatic rings. The molecule has 0 radical (unpaired) electrons. The molecule has 3 aromatic rings. The van der Waals surface area contributed by atoms with Gasteiger partial charge < -0.3 is 21.7 Å². The molecule has 1 fully saturated rings. The van der Waals surface area contributed by atoms with Crippen molar-refractivity contribution in [3.05, 3.63) is 41.7 Å². The third-order valence-electron chi connectivity index (χ3n) is 4.00. The van der Waals surface area contributed by atoms with Gasteiger partial charge in [-0.3, -0.25) is 10.1 Å². The van der Waals surface area contributed by atoms with Gasteiger partial charge in [-0.25, -0.2) is 4.79 Å². The van der Waals surface area contributed by atoms with Crippen LogP contribution in [-0.4, -0.2) is 44.2 Å². The van der Waals surface area contributed by atoms with Crippen molar-refractivity contribution < 1.29 is 22.8 Å². The summed E-state index contributed by atoms with van der Waals surface area (Å²) in [5.74, 6) is -0.937. The Morgan fingerprint density at radius 2 is 2.00 bits per heavy atom. The normalized spacial score (nSPS) is 15.3. The highest BCUT2D eigenvalue weighted by Crippen LogP contribution is 2.23. The second-order valence-electron chi connectivity index (χ2n) is 6.39. The number of urea groups is 1. The summed E-state index contributed by atoms with van der Waals surface area (Å²) in [6.07, 6.45) is -1.92. The van der Waals surface area contributed by atoms with E-state index in [-0.39, 0.29) is 28.8 Å². The van der Waals surface area contributed by atoms with Crippen molar-refractivity contribution in [2.24, 2.45) is 0 Å². The van der Waals surface area contributed by atoms with E-state index in [4.69, 9.17) is 5.73 Å². The maximum absolute atomic E-state index is 12.7. The lowest BCUT2D eigenvalue weighted by atomic mass is 10.2. The van der Waals surface area contributed by atoms with E-state index < -0.39 is 24.7 Å². The fraction of sp³-hybridized carbons (Fsp3) is 0.118. The Bertz CT molecular complexity index is 1220. The van der Waals surface area contributed by atoms with E-state index in [1.165, 1.54) is 12.3 Å². The summed E-state index contributed by atoms with van der Waals surface area (Å²) in [6, 6.07) is 5.90. The Morgan fingerprint density at radius 3 is 2.68 bits per heavy atom. The number of benzene rings is 1. The van der Waals surface area contributed by atoms with E-state index in [1.807, 2.05) is 5.32 Å². The van der Waals surface area contributed by atoms with Gasteiger partial charge in [-0.1, -0.05) is 6.07 Å². The van der Waals surface area contributed by atoms with Crippen molar-refractivity contribution >= 4 is 46.9 Å². The lowest BCUT2D eigenvalue weighted by Gasteiger charge is -2.12. The number of carbonyl (C=O) groups excluding carboxylic acids is 2. The molecular weight excluding hydrogens is 419 g/mol. The number of nitrogen functional groups attached to an aromatic ring is 1. The molecule has 0 aliphatic carbocycles. The smallest absolute Gasteiger partial charge is 0.399 e. The first kappa shape index (κ1) is 19.9. The van der Waals surface area contributed by atoms with Crippen molar-refractivity contribution in [3.63, 3.8) is 0 Å². The number of amides is 3. The van der Waals surface area contributed by atoms with E-state index >= 15 is 0 Å². The molecule has 0 spiro atoms. The number of halogens is 3. The number of carbonyl (C=O) groups is 2. The minimum atomic E-state index is -4.50. The number of rotatable bonds is 5. The summed E-state index contributed by atoms with van der Waals surface area (Å²) in [5, 5.41) is 13.4. The number of nitrogens with zero attached hydrogens (tertiary/aromatic N) is 4.